The van der Waals surface area contributed by atoms with Crippen LogP contribution in [0.4, 0.5) is 0 Å². The van der Waals surface area contributed by atoms with E-state index in [-0.39, 0.29) is 0 Å². The van der Waals surface area contributed by atoms with Gasteiger partial charge in [-0.2, -0.15) is 0 Å². The van der Waals surface area contributed by atoms with Crippen LogP contribution in [0.15, 0.2) is 12.2 Å². The third-order valence-corrected chi connectivity index (χ3v) is 8.03. The molecule has 4 atom stereocenters. The monoisotopic (exact) mass is 373 g/mol. The Morgan fingerprint density at radius 1 is 0.889 bits per heavy atom. The molecule has 154 valence electrons. The number of rotatable bonds is 10. The summed E-state index contributed by atoms with van der Waals surface area (Å²) >= 11 is 0. The number of ketones is 1. The highest BCUT2D eigenvalue weighted by atomic mass is 16.1. The molecule has 0 radical (unpaired) electrons. The molecule has 0 aromatic carbocycles. The van der Waals surface area contributed by atoms with Gasteiger partial charge in [-0.1, -0.05) is 63.5 Å². The zero-order chi connectivity index (χ0) is 19.1. The van der Waals surface area contributed by atoms with Crippen LogP contribution in [0.3, 0.4) is 0 Å². The first-order valence-corrected chi connectivity index (χ1v) is 12.1. The zero-order valence-corrected chi connectivity index (χ0v) is 17.8. The highest BCUT2D eigenvalue weighted by molar-refractivity contribution is 5.81. The minimum absolute atomic E-state index is 0.412. The Morgan fingerprint density at radius 3 is 2.33 bits per heavy atom. The number of hydrogen-bond acceptors (Lipinski definition) is 2. The van der Waals surface area contributed by atoms with Crippen molar-refractivity contribution in [1.82, 2.24) is 5.32 Å². The number of hydrogen-bond donors (Lipinski definition) is 1. The summed E-state index contributed by atoms with van der Waals surface area (Å²) in [7, 11) is 2.09. The van der Waals surface area contributed by atoms with Gasteiger partial charge in [-0.3, -0.25) is 4.79 Å². The highest BCUT2D eigenvalue weighted by Gasteiger charge is 2.37. The summed E-state index contributed by atoms with van der Waals surface area (Å²) in [6.45, 7) is 4.39. The van der Waals surface area contributed by atoms with E-state index >= 15 is 0 Å². The molecule has 27 heavy (non-hydrogen) atoms. The van der Waals surface area contributed by atoms with Crippen molar-refractivity contribution in [3.8, 4) is 0 Å². The second-order valence-corrected chi connectivity index (χ2v) is 9.74. The summed E-state index contributed by atoms with van der Waals surface area (Å²) in [5.74, 6) is 3.43. The van der Waals surface area contributed by atoms with Crippen LogP contribution in [0.25, 0.3) is 0 Å². The Bertz CT molecular complexity index is 477. The van der Waals surface area contributed by atoms with Gasteiger partial charge in [-0.15, -0.1) is 0 Å². The summed E-state index contributed by atoms with van der Waals surface area (Å²) in [5.41, 5.74) is 1.40. The minimum Gasteiger partial charge on any atom is -0.313 e. The van der Waals surface area contributed by atoms with Crippen LogP contribution in [0.1, 0.15) is 103 Å². The van der Waals surface area contributed by atoms with Gasteiger partial charge in [0.25, 0.3) is 0 Å². The average Bonchev–Trinajstić information content (AvgIpc) is 3.22. The summed E-state index contributed by atoms with van der Waals surface area (Å²) in [4.78, 5) is 12.9. The lowest BCUT2D eigenvalue weighted by Gasteiger charge is -2.40. The predicted molar refractivity (Wildman–Crippen MR) is 115 cm³/mol. The Balaban J connectivity index is 1.33. The van der Waals surface area contributed by atoms with Crippen LogP contribution in [-0.4, -0.2) is 18.9 Å². The molecule has 3 saturated carbocycles. The molecule has 3 rings (SSSR count). The lowest BCUT2D eigenvalue weighted by atomic mass is 9.64. The molecule has 4 unspecified atom stereocenters. The highest BCUT2D eigenvalue weighted by Crippen LogP contribution is 2.44. The molecular formula is C25H43NO. The zero-order valence-electron chi connectivity index (χ0n) is 17.8. The van der Waals surface area contributed by atoms with Crippen LogP contribution in [0.2, 0.25) is 0 Å². The molecule has 0 spiro atoms. The van der Waals surface area contributed by atoms with Gasteiger partial charge in [0.15, 0.2) is 0 Å². The number of nitrogens with one attached hydrogen (secondary N) is 1. The maximum atomic E-state index is 12.9. The second kappa shape index (κ2) is 10.8. The van der Waals surface area contributed by atoms with Crippen LogP contribution in [-0.2, 0) is 4.79 Å². The van der Waals surface area contributed by atoms with Crippen molar-refractivity contribution in [3.05, 3.63) is 12.2 Å². The summed E-state index contributed by atoms with van der Waals surface area (Å²) in [6.07, 6.45) is 20.3. The van der Waals surface area contributed by atoms with E-state index < -0.39 is 0 Å². The Morgan fingerprint density at radius 2 is 1.56 bits per heavy atom. The SMILES string of the molecule is C=C(CCCCCC(=O)C1CCCC2CCCCC21)C(NC)C1CCCC1. The van der Waals surface area contributed by atoms with Gasteiger partial charge in [0, 0.05) is 18.4 Å². The topological polar surface area (TPSA) is 29.1 Å². The van der Waals surface area contributed by atoms with E-state index in [2.05, 4.69) is 18.9 Å². The maximum absolute atomic E-state index is 12.9. The van der Waals surface area contributed by atoms with Gasteiger partial charge < -0.3 is 5.32 Å². The molecular weight excluding hydrogens is 330 g/mol. The van der Waals surface area contributed by atoms with E-state index in [1.807, 2.05) is 0 Å². The normalized spacial score (nSPS) is 30.0. The third kappa shape index (κ3) is 5.68. The molecule has 1 N–H and O–H groups in total. The van der Waals surface area contributed by atoms with Crippen LogP contribution in [0.5, 0.6) is 0 Å². The van der Waals surface area contributed by atoms with Gasteiger partial charge in [0.2, 0.25) is 0 Å². The molecule has 0 aliphatic heterocycles. The van der Waals surface area contributed by atoms with E-state index in [0.717, 1.165) is 37.0 Å². The minimum atomic E-state index is 0.412. The molecule has 0 amide bonds. The standard InChI is InChI=1S/C25H43NO/c1-19(25(26-2)21-13-6-7-14-21)11-4-3-5-18-24(27)23-17-10-15-20-12-8-9-16-22(20)23/h20-23,25-26H,1,3-18H2,2H3. The average molecular weight is 374 g/mol. The van der Waals surface area contributed by atoms with Crippen molar-refractivity contribution in [2.45, 2.75) is 109 Å². The van der Waals surface area contributed by atoms with E-state index in [4.69, 9.17) is 0 Å². The third-order valence-electron chi connectivity index (χ3n) is 8.03. The molecule has 0 aromatic rings. The van der Waals surface area contributed by atoms with Gasteiger partial charge in [-0.25, -0.2) is 0 Å². The largest absolute Gasteiger partial charge is 0.313 e. The molecule has 0 aromatic heterocycles. The molecule has 0 saturated heterocycles. The van der Waals surface area contributed by atoms with Crippen molar-refractivity contribution in [3.63, 3.8) is 0 Å². The molecule has 0 heterocycles. The second-order valence-electron chi connectivity index (χ2n) is 9.74. The molecule has 2 nitrogen and oxygen atoms in total. The molecule has 3 aliphatic rings. The summed E-state index contributed by atoms with van der Waals surface area (Å²) < 4.78 is 0. The van der Waals surface area contributed by atoms with Gasteiger partial charge in [0.1, 0.15) is 5.78 Å². The van der Waals surface area contributed by atoms with Crippen LogP contribution < -0.4 is 5.32 Å². The van der Waals surface area contributed by atoms with E-state index in [1.54, 1.807) is 0 Å². The van der Waals surface area contributed by atoms with Crippen LogP contribution in [0, 0.1) is 23.7 Å². The summed E-state index contributed by atoms with van der Waals surface area (Å²) in [5, 5.41) is 3.52. The Labute approximate surface area is 168 Å². The first-order valence-electron chi connectivity index (χ1n) is 12.1. The lowest BCUT2D eigenvalue weighted by Crippen LogP contribution is -2.35. The maximum Gasteiger partial charge on any atom is 0.136 e. The van der Waals surface area contributed by atoms with Crippen molar-refractivity contribution in [2.75, 3.05) is 7.05 Å². The van der Waals surface area contributed by atoms with Crippen molar-refractivity contribution in [2.24, 2.45) is 23.7 Å². The van der Waals surface area contributed by atoms with Crippen molar-refractivity contribution < 1.29 is 4.79 Å². The van der Waals surface area contributed by atoms with E-state index in [0.29, 0.717) is 17.7 Å². The Kier molecular flexibility index (Phi) is 8.43. The fraction of sp³-hybridized carbons (Fsp3) is 0.880. The first kappa shape index (κ1) is 21.1. The number of carbonyl (C=O) groups excluding carboxylic acids is 1. The summed E-state index contributed by atoms with van der Waals surface area (Å²) in [6, 6.07) is 0.514. The van der Waals surface area contributed by atoms with E-state index in [9.17, 15) is 4.79 Å². The van der Waals surface area contributed by atoms with Gasteiger partial charge in [-0.05, 0) is 69.7 Å². The van der Waals surface area contributed by atoms with Gasteiger partial charge in [0.05, 0.1) is 0 Å². The predicted octanol–water partition coefficient (Wildman–Crippen LogP) is 6.45. The lowest BCUT2D eigenvalue weighted by molar-refractivity contribution is -0.127. The fourth-order valence-electron chi connectivity index (χ4n) is 6.57. The van der Waals surface area contributed by atoms with Crippen molar-refractivity contribution >= 4 is 5.78 Å². The van der Waals surface area contributed by atoms with Crippen LogP contribution >= 0.6 is 0 Å². The molecule has 3 fully saturated rings. The van der Waals surface area contributed by atoms with E-state index in [1.165, 1.54) is 89.0 Å². The smallest absolute Gasteiger partial charge is 0.136 e. The number of unbranched alkanes of at least 4 members (excludes halogenated alkanes) is 2. The number of likely N-dealkylation sites (N-methyl/N-ethyl adjacent to an activating group) is 1. The molecule has 2 heteroatoms. The number of fused-ring (bicyclic) bond motifs is 1. The molecule has 0 bridgehead atoms. The first-order chi connectivity index (χ1) is 13.2. The number of carbonyl (C=O) groups is 1. The quantitative estimate of drug-likeness (QED) is 0.352. The molecule has 3 aliphatic carbocycles. The fourth-order valence-corrected chi connectivity index (χ4v) is 6.57. The Hall–Kier alpha value is -0.630. The van der Waals surface area contributed by atoms with Crippen molar-refractivity contribution in [1.29, 1.82) is 0 Å². The number of Topliss-reactive ketones (excluding diaryl/α,β-unsaturated/α-hetero) is 1. The van der Waals surface area contributed by atoms with Gasteiger partial charge >= 0.3 is 0 Å².